The number of fused-ring (bicyclic) bond motifs is 1. The van der Waals surface area contributed by atoms with E-state index in [1.807, 2.05) is 53.2 Å². The highest BCUT2D eigenvalue weighted by molar-refractivity contribution is 7.99. The predicted molar refractivity (Wildman–Crippen MR) is 137 cm³/mol. The van der Waals surface area contributed by atoms with Crippen molar-refractivity contribution < 1.29 is 4.79 Å². The van der Waals surface area contributed by atoms with E-state index < -0.39 is 0 Å². The summed E-state index contributed by atoms with van der Waals surface area (Å²) in [6.45, 7) is 2.64. The molecular weight excluding hydrogens is 442 g/mol. The first-order valence-corrected chi connectivity index (χ1v) is 12.2. The van der Waals surface area contributed by atoms with Crippen molar-refractivity contribution in [2.75, 3.05) is 12.3 Å². The number of carbonyl (C=O) groups is 1. The van der Waals surface area contributed by atoms with Crippen LogP contribution in [0.25, 0.3) is 28.0 Å². The standard InChI is InChI=1S/C27H25N5OS/c1-19-11-13-22(14-12-19)32-26(20-7-3-2-4-8-20)30-31-27(32)34-18-25(33)28-16-15-21-17-29-24-10-6-5-9-23(21)24/h2-14,17,29H,15-16,18H2,1H3,(H,28,33). The van der Waals surface area contributed by atoms with Crippen molar-refractivity contribution >= 4 is 28.6 Å². The first-order valence-electron chi connectivity index (χ1n) is 11.2. The van der Waals surface area contributed by atoms with E-state index in [9.17, 15) is 4.79 Å². The number of aromatic nitrogens is 4. The van der Waals surface area contributed by atoms with Crippen molar-refractivity contribution in [2.45, 2.75) is 18.5 Å². The fourth-order valence-electron chi connectivity index (χ4n) is 3.92. The molecule has 2 N–H and O–H groups in total. The molecule has 3 aromatic carbocycles. The van der Waals surface area contributed by atoms with Gasteiger partial charge in [-0.25, -0.2) is 0 Å². The number of thioether (sulfide) groups is 1. The molecule has 0 bridgehead atoms. The average Bonchev–Trinajstić information content (AvgIpc) is 3.48. The minimum atomic E-state index is -0.0236. The highest BCUT2D eigenvalue weighted by Gasteiger charge is 2.17. The molecule has 5 rings (SSSR count). The summed E-state index contributed by atoms with van der Waals surface area (Å²) in [6, 6.07) is 26.4. The lowest BCUT2D eigenvalue weighted by Gasteiger charge is -2.11. The van der Waals surface area contributed by atoms with Crippen LogP contribution >= 0.6 is 11.8 Å². The molecule has 7 heteroatoms. The first-order chi connectivity index (χ1) is 16.7. The number of H-pyrrole nitrogens is 1. The zero-order valence-corrected chi connectivity index (χ0v) is 19.7. The molecule has 0 saturated heterocycles. The number of para-hydroxylation sites is 1. The van der Waals surface area contributed by atoms with Gasteiger partial charge in [-0.2, -0.15) is 0 Å². The van der Waals surface area contributed by atoms with Gasteiger partial charge in [-0.05, 0) is 37.1 Å². The summed E-state index contributed by atoms with van der Waals surface area (Å²) in [4.78, 5) is 15.9. The van der Waals surface area contributed by atoms with Gasteiger partial charge < -0.3 is 10.3 Å². The summed E-state index contributed by atoms with van der Waals surface area (Å²) < 4.78 is 2.01. The van der Waals surface area contributed by atoms with Gasteiger partial charge in [0.2, 0.25) is 5.91 Å². The van der Waals surface area contributed by atoms with Crippen LogP contribution in [-0.4, -0.2) is 38.0 Å². The van der Waals surface area contributed by atoms with Crippen LogP contribution in [0.15, 0.2) is 90.2 Å². The Bertz CT molecular complexity index is 1410. The molecule has 170 valence electrons. The van der Waals surface area contributed by atoms with E-state index >= 15 is 0 Å². The Morgan fingerprint density at radius 2 is 1.74 bits per heavy atom. The maximum absolute atomic E-state index is 12.6. The zero-order chi connectivity index (χ0) is 23.3. The molecule has 34 heavy (non-hydrogen) atoms. The third kappa shape index (κ3) is 4.75. The third-order valence-electron chi connectivity index (χ3n) is 5.68. The van der Waals surface area contributed by atoms with Crippen molar-refractivity contribution in [1.82, 2.24) is 25.1 Å². The number of hydrogen-bond donors (Lipinski definition) is 2. The Morgan fingerprint density at radius 3 is 2.56 bits per heavy atom. The van der Waals surface area contributed by atoms with E-state index in [1.165, 1.54) is 28.3 Å². The van der Waals surface area contributed by atoms with Gasteiger partial charge in [0.15, 0.2) is 11.0 Å². The van der Waals surface area contributed by atoms with Crippen LogP contribution < -0.4 is 5.32 Å². The Labute approximate surface area is 202 Å². The van der Waals surface area contributed by atoms with Crippen LogP contribution in [0, 0.1) is 6.92 Å². The molecule has 0 fully saturated rings. The topological polar surface area (TPSA) is 75.6 Å². The summed E-state index contributed by atoms with van der Waals surface area (Å²) in [7, 11) is 0. The highest BCUT2D eigenvalue weighted by Crippen LogP contribution is 2.28. The predicted octanol–water partition coefficient (Wildman–Crippen LogP) is 5.18. The van der Waals surface area contributed by atoms with Crippen LogP contribution in [0.3, 0.4) is 0 Å². The second-order valence-corrected chi connectivity index (χ2v) is 9.03. The van der Waals surface area contributed by atoms with Gasteiger partial charge in [-0.15, -0.1) is 10.2 Å². The van der Waals surface area contributed by atoms with Crippen molar-refractivity contribution in [3.05, 3.63) is 96.2 Å². The normalized spacial score (nSPS) is 11.1. The number of amides is 1. The molecule has 0 atom stereocenters. The average molecular weight is 468 g/mol. The molecule has 0 saturated carbocycles. The number of hydrogen-bond acceptors (Lipinski definition) is 4. The molecule has 2 aromatic heterocycles. The Kier molecular flexibility index (Phi) is 6.44. The van der Waals surface area contributed by atoms with Crippen LogP contribution in [-0.2, 0) is 11.2 Å². The summed E-state index contributed by atoms with van der Waals surface area (Å²) >= 11 is 1.39. The maximum Gasteiger partial charge on any atom is 0.230 e. The lowest BCUT2D eigenvalue weighted by atomic mass is 10.1. The van der Waals surface area contributed by atoms with Crippen molar-refractivity contribution in [3.63, 3.8) is 0 Å². The summed E-state index contributed by atoms with van der Waals surface area (Å²) in [5, 5.41) is 13.8. The largest absolute Gasteiger partial charge is 0.361 e. The number of aromatic amines is 1. The number of aryl methyl sites for hydroxylation is 1. The summed E-state index contributed by atoms with van der Waals surface area (Å²) in [5.74, 6) is 1.00. The highest BCUT2D eigenvalue weighted by atomic mass is 32.2. The maximum atomic E-state index is 12.6. The van der Waals surface area contributed by atoms with E-state index in [1.54, 1.807) is 0 Å². The monoisotopic (exact) mass is 467 g/mol. The first kappa shape index (κ1) is 22.0. The fraction of sp³-hybridized carbons (Fsp3) is 0.148. The van der Waals surface area contributed by atoms with Gasteiger partial charge in [0, 0.05) is 34.9 Å². The minimum Gasteiger partial charge on any atom is -0.361 e. The molecule has 0 radical (unpaired) electrons. The number of benzene rings is 3. The Balaban J connectivity index is 1.27. The van der Waals surface area contributed by atoms with E-state index in [2.05, 4.69) is 63.8 Å². The SMILES string of the molecule is Cc1ccc(-n2c(SCC(=O)NCCc3c[nH]c4ccccc34)nnc2-c2ccccc2)cc1. The van der Waals surface area contributed by atoms with Crippen LogP contribution in [0.4, 0.5) is 0 Å². The molecule has 0 aliphatic carbocycles. The van der Waals surface area contributed by atoms with E-state index in [0.29, 0.717) is 11.7 Å². The van der Waals surface area contributed by atoms with Crippen molar-refractivity contribution in [1.29, 1.82) is 0 Å². The molecule has 0 aliphatic heterocycles. The lowest BCUT2D eigenvalue weighted by molar-refractivity contribution is -0.118. The quantitative estimate of drug-likeness (QED) is 0.309. The number of carbonyl (C=O) groups excluding carboxylic acids is 1. The van der Waals surface area contributed by atoms with Gasteiger partial charge in [0.25, 0.3) is 0 Å². The van der Waals surface area contributed by atoms with Crippen molar-refractivity contribution in [2.24, 2.45) is 0 Å². The van der Waals surface area contributed by atoms with E-state index in [4.69, 9.17) is 0 Å². The fourth-order valence-corrected chi connectivity index (χ4v) is 4.70. The molecular formula is C27H25N5OS. The molecule has 0 aliphatic rings. The van der Waals surface area contributed by atoms with Crippen LogP contribution in [0.2, 0.25) is 0 Å². The molecule has 5 aromatic rings. The van der Waals surface area contributed by atoms with Gasteiger partial charge in [-0.1, -0.05) is 78.0 Å². The van der Waals surface area contributed by atoms with Gasteiger partial charge in [-0.3, -0.25) is 9.36 Å². The second kappa shape index (κ2) is 9.97. The molecule has 1 amide bonds. The smallest absolute Gasteiger partial charge is 0.230 e. The number of nitrogens with one attached hydrogen (secondary N) is 2. The molecule has 0 unspecified atom stereocenters. The molecule has 2 heterocycles. The minimum absolute atomic E-state index is 0.0236. The van der Waals surface area contributed by atoms with Gasteiger partial charge in [0.1, 0.15) is 0 Å². The molecule has 0 spiro atoms. The summed E-state index contributed by atoms with van der Waals surface area (Å²) in [5.41, 5.74) is 5.45. The Hall–Kier alpha value is -3.84. The van der Waals surface area contributed by atoms with Crippen LogP contribution in [0.1, 0.15) is 11.1 Å². The van der Waals surface area contributed by atoms with Gasteiger partial charge >= 0.3 is 0 Å². The summed E-state index contributed by atoms with van der Waals surface area (Å²) in [6.07, 6.45) is 2.79. The number of rotatable bonds is 8. The molecule has 6 nitrogen and oxygen atoms in total. The third-order valence-corrected chi connectivity index (χ3v) is 6.61. The van der Waals surface area contributed by atoms with Crippen LogP contribution in [0.5, 0.6) is 0 Å². The van der Waals surface area contributed by atoms with Gasteiger partial charge in [0.05, 0.1) is 5.75 Å². The zero-order valence-electron chi connectivity index (χ0n) is 18.9. The van der Waals surface area contributed by atoms with E-state index in [0.717, 1.165) is 29.0 Å². The Morgan fingerprint density at radius 1 is 0.971 bits per heavy atom. The number of nitrogens with zero attached hydrogens (tertiary/aromatic N) is 3. The van der Waals surface area contributed by atoms with E-state index in [-0.39, 0.29) is 11.7 Å². The second-order valence-electron chi connectivity index (χ2n) is 8.09. The lowest BCUT2D eigenvalue weighted by Crippen LogP contribution is -2.27. The van der Waals surface area contributed by atoms with Crippen molar-refractivity contribution in [3.8, 4) is 17.1 Å².